The summed E-state index contributed by atoms with van der Waals surface area (Å²) < 4.78 is 40.5. The van der Waals surface area contributed by atoms with Crippen molar-refractivity contribution in [1.29, 1.82) is 0 Å². The first-order chi connectivity index (χ1) is 15.3. The Hall–Kier alpha value is -2.49. The SMILES string of the molecule is O=C(NCC[C@@H]1CCCCN1S(=O)(=O)c1ccc(Cl)cc1)C(=O)NCc1ccc(F)cc1. The second kappa shape index (κ2) is 10.9. The average Bonchev–Trinajstić information content (AvgIpc) is 2.79. The first kappa shape index (κ1) is 24.2. The van der Waals surface area contributed by atoms with Crippen LogP contribution in [0.2, 0.25) is 5.02 Å². The topological polar surface area (TPSA) is 95.6 Å². The van der Waals surface area contributed by atoms with Crippen molar-refractivity contribution in [1.82, 2.24) is 14.9 Å². The predicted octanol–water partition coefficient (Wildman–Crippen LogP) is 2.85. The molecule has 7 nitrogen and oxygen atoms in total. The maximum Gasteiger partial charge on any atom is 0.309 e. The lowest BCUT2D eigenvalue weighted by atomic mass is 10.0. The van der Waals surface area contributed by atoms with Crippen molar-refractivity contribution in [2.45, 2.75) is 43.2 Å². The average molecular weight is 482 g/mol. The van der Waals surface area contributed by atoms with Crippen LogP contribution in [0.4, 0.5) is 4.39 Å². The highest BCUT2D eigenvalue weighted by Gasteiger charge is 2.33. The molecule has 0 aliphatic carbocycles. The molecule has 172 valence electrons. The highest BCUT2D eigenvalue weighted by Crippen LogP contribution is 2.27. The van der Waals surface area contributed by atoms with Gasteiger partial charge in [-0.05, 0) is 61.2 Å². The van der Waals surface area contributed by atoms with E-state index in [2.05, 4.69) is 10.6 Å². The number of nitrogens with zero attached hydrogens (tertiary/aromatic N) is 1. The summed E-state index contributed by atoms with van der Waals surface area (Å²) in [5, 5.41) is 5.48. The molecule has 3 rings (SSSR count). The third-order valence-corrected chi connectivity index (χ3v) is 7.55. The maximum absolute atomic E-state index is 13.1. The number of amides is 2. The molecule has 2 N–H and O–H groups in total. The molecule has 2 amide bonds. The molecule has 1 aliphatic heterocycles. The number of halogens is 2. The van der Waals surface area contributed by atoms with Crippen LogP contribution < -0.4 is 10.6 Å². The second-order valence-corrected chi connectivity index (χ2v) is 9.90. The van der Waals surface area contributed by atoms with Gasteiger partial charge in [0.1, 0.15) is 5.82 Å². The molecule has 1 aliphatic rings. The molecule has 0 aromatic heterocycles. The van der Waals surface area contributed by atoms with Gasteiger partial charge in [-0.25, -0.2) is 12.8 Å². The van der Waals surface area contributed by atoms with Gasteiger partial charge in [0, 0.05) is 30.7 Å². The summed E-state index contributed by atoms with van der Waals surface area (Å²) in [7, 11) is -3.68. The van der Waals surface area contributed by atoms with Gasteiger partial charge >= 0.3 is 11.8 Å². The molecular weight excluding hydrogens is 457 g/mol. The zero-order valence-corrected chi connectivity index (χ0v) is 19.0. The lowest BCUT2D eigenvalue weighted by molar-refractivity contribution is -0.139. The number of hydrogen-bond acceptors (Lipinski definition) is 4. The third-order valence-electron chi connectivity index (χ3n) is 5.33. The molecule has 1 saturated heterocycles. The van der Waals surface area contributed by atoms with Crippen molar-refractivity contribution in [3.8, 4) is 0 Å². The molecule has 1 heterocycles. The molecule has 0 spiro atoms. The fourth-order valence-electron chi connectivity index (χ4n) is 3.62. The first-order valence-corrected chi connectivity index (χ1v) is 12.2. The van der Waals surface area contributed by atoms with Crippen molar-refractivity contribution in [3.63, 3.8) is 0 Å². The summed E-state index contributed by atoms with van der Waals surface area (Å²) in [6.07, 6.45) is 2.73. The molecular formula is C22H25ClFN3O4S. The van der Waals surface area contributed by atoms with Gasteiger partial charge in [0.2, 0.25) is 10.0 Å². The molecule has 0 saturated carbocycles. The van der Waals surface area contributed by atoms with Crippen LogP contribution in [0.3, 0.4) is 0 Å². The van der Waals surface area contributed by atoms with Crippen molar-refractivity contribution < 1.29 is 22.4 Å². The fourth-order valence-corrected chi connectivity index (χ4v) is 5.47. The third kappa shape index (κ3) is 6.27. The van der Waals surface area contributed by atoms with E-state index in [4.69, 9.17) is 11.6 Å². The number of carbonyl (C=O) groups excluding carboxylic acids is 2. The quantitative estimate of drug-likeness (QED) is 0.594. The van der Waals surface area contributed by atoms with Crippen LogP contribution in [-0.2, 0) is 26.2 Å². The van der Waals surface area contributed by atoms with Gasteiger partial charge < -0.3 is 10.6 Å². The summed E-state index contributed by atoms with van der Waals surface area (Å²) in [5.74, 6) is -1.98. The number of hydrogen-bond donors (Lipinski definition) is 2. The molecule has 0 bridgehead atoms. The van der Waals surface area contributed by atoms with E-state index in [0.717, 1.165) is 12.8 Å². The number of piperidine rings is 1. The lowest BCUT2D eigenvalue weighted by Gasteiger charge is -2.34. The van der Waals surface area contributed by atoms with E-state index in [1.165, 1.54) is 52.8 Å². The van der Waals surface area contributed by atoms with E-state index in [1.54, 1.807) is 0 Å². The molecule has 1 atom stereocenters. The minimum Gasteiger partial charge on any atom is -0.348 e. The van der Waals surface area contributed by atoms with Gasteiger partial charge in [0.25, 0.3) is 0 Å². The number of rotatable bonds is 7. The smallest absolute Gasteiger partial charge is 0.309 e. The molecule has 0 unspecified atom stereocenters. The second-order valence-electron chi connectivity index (χ2n) is 7.57. The highest BCUT2D eigenvalue weighted by molar-refractivity contribution is 7.89. The number of carbonyl (C=O) groups is 2. The Morgan fingerprint density at radius 2 is 1.66 bits per heavy atom. The van der Waals surface area contributed by atoms with Crippen LogP contribution in [0, 0.1) is 5.82 Å². The van der Waals surface area contributed by atoms with Crippen LogP contribution >= 0.6 is 11.6 Å². The first-order valence-electron chi connectivity index (χ1n) is 10.4. The summed E-state index contributed by atoms with van der Waals surface area (Å²) in [4.78, 5) is 24.2. The standard InChI is InChI=1S/C22H25ClFN3O4S/c23-17-6-10-20(11-7-17)32(30,31)27-14-2-1-3-19(27)12-13-25-21(28)22(29)26-15-16-4-8-18(24)9-5-16/h4-11,19H,1-3,12-15H2,(H,25,28)(H,26,29)/t19-/m0/s1. The van der Waals surface area contributed by atoms with Crippen molar-refractivity contribution in [2.24, 2.45) is 0 Å². The Balaban J connectivity index is 1.51. The summed E-state index contributed by atoms with van der Waals surface area (Å²) in [5.41, 5.74) is 0.665. The molecule has 2 aromatic carbocycles. The van der Waals surface area contributed by atoms with E-state index < -0.39 is 21.8 Å². The van der Waals surface area contributed by atoms with Crippen LogP contribution in [0.5, 0.6) is 0 Å². The lowest BCUT2D eigenvalue weighted by Crippen LogP contribution is -2.46. The molecule has 0 radical (unpaired) electrons. The number of benzene rings is 2. The number of sulfonamides is 1. The van der Waals surface area contributed by atoms with Gasteiger partial charge in [-0.2, -0.15) is 4.31 Å². The molecule has 32 heavy (non-hydrogen) atoms. The van der Waals surface area contributed by atoms with Gasteiger partial charge in [0.15, 0.2) is 0 Å². The van der Waals surface area contributed by atoms with Crippen LogP contribution in [0.1, 0.15) is 31.2 Å². The number of nitrogens with one attached hydrogen (secondary N) is 2. The minimum atomic E-state index is -3.68. The largest absolute Gasteiger partial charge is 0.348 e. The van der Waals surface area contributed by atoms with Crippen LogP contribution in [-0.4, -0.2) is 43.7 Å². The van der Waals surface area contributed by atoms with Crippen LogP contribution in [0.25, 0.3) is 0 Å². The zero-order chi connectivity index (χ0) is 23.1. The predicted molar refractivity (Wildman–Crippen MR) is 119 cm³/mol. The Bertz CT molecular complexity index is 1050. The Labute approximate surface area is 192 Å². The van der Waals surface area contributed by atoms with Gasteiger partial charge in [-0.1, -0.05) is 30.2 Å². The molecule has 2 aromatic rings. The minimum absolute atomic E-state index is 0.0995. The Morgan fingerprint density at radius 3 is 2.34 bits per heavy atom. The van der Waals surface area contributed by atoms with Gasteiger partial charge in [-0.15, -0.1) is 0 Å². The zero-order valence-electron chi connectivity index (χ0n) is 17.4. The molecule has 10 heteroatoms. The maximum atomic E-state index is 13.1. The summed E-state index contributed by atoms with van der Waals surface area (Å²) in [6, 6.07) is 11.4. The normalized spacial score (nSPS) is 17.0. The van der Waals surface area contributed by atoms with Crippen LogP contribution in [0.15, 0.2) is 53.4 Å². The highest BCUT2D eigenvalue weighted by atomic mass is 35.5. The van der Waals surface area contributed by atoms with E-state index in [9.17, 15) is 22.4 Å². The monoisotopic (exact) mass is 481 g/mol. The fraction of sp³-hybridized carbons (Fsp3) is 0.364. The Morgan fingerprint density at radius 1 is 1.00 bits per heavy atom. The molecule has 1 fully saturated rings. The van der Waals surface area contributed by atoms with E-state index >= 15 is 0 Å². The van der Waals surface area contributed by atoms with Gasteiger partial charge in [-0.3, -0.25) is 9.59 Å². The Kier molecular flexibility index (Phi) is 8.22. The van der Waals surface area contributed by atoms with Crippen molar-refractivity contribution >= 4 is 33.4 Å². The van der Waals surface area contributed by atoms with E-state index in [0.29, 0.717) is 30.0 Å². The van der Waals surface area contributed by atoms with Crippen molar-refractivity contribution in [2.75, 3.05) is 13.1 Å². The van der Waals surface area contributed by atoms with E-state index in [1.807, 2.05) is 0 Å². The summed E-state index contributed by atoms with van der Waals surface area (Å²) in [6.45, 7) is 0.671. The van der Waals surface area contributed by atoms with Gasteiger partial charge in [0.05, 0.1) is 4.90 Å². The summed E-state index contributed by atoms with van der Waals surface area (Å²) >= 11 is 5.87. The van der Waals surface area contributed by atoms with Crippen molar-refractivity contribution in [3.05, 3.63) is 64.9 Å². The van der Waals surface area contributed by atoms with E-state index in [-0.39, 0.29) is 29.8 Å².